The maximum absolute atomic E-state index is 12.2. The molecule has 1 atom stereocenters. The molecule has 0 N–H and O–H groups in total. The molecule has 2 heterocycles. The highest BCUT2D eigenvalue weighted by Gasteiger charge is 2.34. The van der Waals surface area contributed by atoms with E-state index in [1.807, 2.05) is 0 Å². The highest BCUT2D eigenvalue weighted by atomic mass is 32.2. The molecule has 7 heteroatoms. The van der Waals surface area contributed by atoms with Gasteiger partial charge in [0.15, 0.2) is 9.84 Å². The van der Waals surface area contributed by atoms with E-state index in [4.69, 9.17) is 0 Å². The van der Waals surface area contributed by atoms with Crippen LogP contribution in [-0.2, 0) is 9.84 Å². The molecule has 0 aromatic carbocycles. The molecule has 1 unspecified atom stereocenters. The van der Waals surface area contributed by atoms with E-state index >= 15 is 0 Å². The van der Waals surface area contributed by atoms with Gasteiger partial charge in [0, 0.05) is 18.0 Å². The summed E-state index contributed by atoms with van der Waals surface area (Å²) in [5.74, 6) is -0.0370. The fourth-order valence-electron chi connectivity index (χ4n) is 2.02. The molecule has 0 saturated carbocycles. The number of rotatable bonds is 4. The lowest BCUT2D eigenvalue weighted by molar-refractivity contribution is 0.0715. The first-order valence-corrected chi connectivity index (χ1v) is 8.30. The van der Waals surface area contributed by atoms with Crippen LogP contribution in [-0.4, -0.2) is 48.3 Å². The van der Waals surface area contributed by atoms with Crippen LogP contribution in [0.25, 0.3) is 0 Å². The third kappa shape index (κ3) is 2.78. The molecule has 1 saturated heterocycles. The monoisotopic (exact) mass is 286 g/mol. The molecule has 2 rings (SSSR count). The number of carbonyl (C=O) groups excluding carboxylic acids is 1. The zero-order valence-electron chi connectivity index (χ0n) is 9.78. The lowest BCUT2D eigenvalue weighted by Crippen LogP contribution is -2.41. The second-order valence-electron chi connectivity index (χ2n) is 4.18. The summed E-state index contributed by atoms with van der Waals surface area (Å²) >= 11 is 1.34. The smallest absolute Gasteiger partial charge is 0.273 e. The van der Waals surface area contributed by atoms with E-state index in [-0.39, 0.29) is 23.5 Å². The van der Waals surface area contributed by atoms with E-state index in [2.05, 4.69) is 11.6 Å². The molecular formula is C11H14N2O3S2. The average molecular weight is 286 g/mol. The summed E-state index contributed by atoms with van der Waals surface area (Å²) in [4.78, 5) is 17.7. The highest BCUT2D eigenvalue weighted by Crippen LogP contribution is 2.20. The first kappa shape index (κ1) is 13.2. The van der Waals surface area contributed by atoms with E-state index in [9.17, 15) is 13.2 Å². The number of thiazole rings is 1. The molecule has 98 valence electrons. The van der Waals surface area contributed by atoms with Gasteiger partial charge < -0.3 is 4.90 Å². The number of hydrogen-bond donors (Lipinski definition) is 0. The molecule has 1 fully saturated rings. The lowest BCUT2D eigenvalue weighted by atomic mass is 10.2. The Labute approximate surface area is 110 Å². The molecule has 5 nitrogen and oxygen atoms in total. The molecule has 0 radical (unpaired) electrons. The molecule has 1 amide bonds. The predicted molar refractivity (Wildman–Crippen MR) is 70.4 cm³/mol. The van der Waals surface area contributed by atoms with Gasteiger partial charge in [0.1, 0.15) is 5.69 Å². The van der Waals surface area contributed by atoms with Gasteiger partial charge in [-0.1, -0.05) is 6.08 Å². The second-order valence-corrected chi connectivity index (χ2v) is 7.12. The van der Waals surface area contributed by atoms with Crippen molar-refractivity contribution in [3.8, 4) is 0 Å². The summed E-state index contributed by atoms with van der Waals surface area (Å²) in [6, 6.07) is -0.262. The van der Waals surface area contributed by atoms with E-state index < -0.39 is 9.84 Å². The molecule has 1 aromatic heterocycles. The van der Waals surface area contributed by atoms with Gasteiger partial charge in [0.05, 0.1) is 17.0 Å². The van der Waals surface area contributed by atoms with Gasteiger partial charge in [0.25, 0.3) is 5.91 Å². The number of carbonyl (C=O) groups is 1. The van der Waals surface area contributed by atoms with Crippen LogP contribution < -0.4 is 0 Å². The third-order valence-corrected chi connectivity index (χ3v) is 5.22. The van der Waals surface area contributed by atoms with Crippen LogP contribution in [0.15, 0.2) is 23.5 Å². The van der Waals surface area contributed by atoms with Crippen molar-refractivity contribution in [1.29, 1.82) is 0 Å². The molecule has 1 aliphatic rings. The molecule has 1 aromatic rings. The van der Waals surface area contributed by atoms with E-state index in [1.54, 1.807) is 21.9 Å². The molecular weight excluding hydrogens is 272 g/mol. The zero-order valence-corrected chi connectivity index (χ0v) is 11.4. The van der Waals surface area contributed by atoms with E-state index in [0.29, 0.717) is 18.7 Å². The van der Waals surface area contributed by atoms with E-state index in [0.717, 1.165) is 0 Å². The second kappa shape index (κ2) is 5.19. The van der Waals surface area contributed by atoms with Crippen LogP contribution in [0.1, 0.15) is 16.9 Å². The lowest BCUT2D eigenvalue weighted by Gasteiger charge is -2.26. The van der Waals surface area contributed by atoms with Crippen molar-refractivity contribution in [3.63, 3.8) is 0 Å². The Bertz CT molecular complexity index is 537. The van der Waals surface area contributed by atoms with Crippen LogP contribution in [0, 0.1) is 0 Å². The predicted octanol–water partition coefficient (Wildman–Crippen LogP) is 0.958. The minimum absolute atomic E-state index is 0.0384. The molecule has 0 spiro atoms. The number of hydrogen-bond acceptors (Lipinski definition) is 5. The van der Waals surface area contributed by atoms with Gasteiger partial charge in [-0.15, -0.1) is 17.9 Å². The maximum atomic E-state index is 12.2. The van der Waals surface area contributed by atoms with Gasteiger partial charge in [-0.2, -0.15) is 0 Å². The Hall–Kier alpha value is -1.21. The fraction of sp³-hybridized carbons (Fsp3) is 0.455. The average Bonchev–Trinajstić information content (AvgIpc) is 2.94. The van der Waals surface area contributed by atoms with Crippen molar-refractivity contribution >= 4 is 27.1 Å². The Kier molecular flexibility index (Phi) is 3.82. The highest BCUT2D eigenvalue weighted by molar-refractivity contribution is 7.91. The van der Waals surface area contributed by atoms with Crippen molar-refractivity contribution in [2.45, 2.75) is 12.5 Å². The van der Waals surface area contributed by atoms with Crippen molar-refractivity contribution < 1.29 is 13.2 Å². The van der Waals surface area contributed by atoms with Gasteiger partial charge in [-0.25, -0.2) is 13.4 Å². The first-order valence-electron chi connectivity index (χ1n) is 5.54. The van der Waals surface area contributed by atoms with Gasteiger partial charge in [-0.05, 0) is 6.42 Å². The van der Waals surface area contributed by atoms with Gasteiger partial charge >= 0.3 is 0 Å². The first-order chi connectivity index (χ1) is 8.53. The quantitative estimate of drug-likeness (QED) is 0.773. The summed E-state index contributed by atoms with van der Waals surface area (Å²) in [6.07, 6.45) is 2.10. The standard InChI is InChI=1S/C11H14N2O3S2/c1-2-4-13(9-3-5-18(15,16)7-9)11(14)10-6-17-8-12-10/h2,6,8-9H,1,3-5,7H2. The Morgan fingerprint density at radius 1 is 1.67 bits per heavy atom. The van der Waals surface area contributed by atoms with Crippen LogP contribution in [0.5, 0.6) is 0 Å². The molecule has 0 bridgehead atoms. The summed E-state index contributed by atoms with van der Waals surface area (Å²) in [6.45, 7) is 3.95. The zero-order chi connectivity index (χ0) is 13.2. The topological polar surface area (TPSA) is 67.3 Å². The van der Waals surface area contributed by atoms with Crippen LogP contribution >= 0.6 is 11.3 Å². The third-order valence-electron chi connectivity index (χ3n) is 2.89. The molecule has 1 aliphatic heterocycles. The Morgan fingerprint density at radius 3 is 2.94 bits per heavy atom. The normalized spacial score (nSPS) is 21.7. The number of aromatic nitrogens is 1. The Morgan fingerprint density at radius 2 is 2.44 bits per heavy atom. The van der Waals surface area contributed by atoms with Crippen LogP contribution in [0.4, 0.5) is 0 Å². The fourth-order valence-corrected chi connectivity index (χ4v) is 4.28. The Balaban J connectivity index is 2.19. The minimum atomic E-state index is -3.01. The molecule has 18 heavy (non-hydrogen) atoms. The summed E-state index contributed by atoms with van der Waals surface area (Å²) in [7, 11) is -3.01. The largest absolute Gasteiger partial charge is 0.330 e. The maximum Gasteiger partial charge on any atom is 0.273 e. The van der Waals surface area contributed by atoms with Gasteiger partial charge in [0.2, 0.25) is 0 Å². The SMILES string of the molecule is C=CCN(C(=O)c1cscn1)C1CCS(=O)(=O)C1. The van der Waals surface area contributed by atoms with Crippen molar-refractivity contribution in [1.82, 2.24) is 9.88 Å². The van der Waals surface area contributed by atoms with Crippen molar-refractivity contribution in [3.05, 3.63) is 29.2 Å². The summed E-state index contributed by atoms with van der Waals surface area (Å²) in [5, 5.41) is 1.67. The van der Waals surface area contributed by atoms with Crippen molar-refractivity contribution in [2.75, 3.05) is 18.1 Å². The summed E-state index contributed by atoms with van der Waals surface area (Å²) in [5.41, 5.74) is 1.95. The van der Waals surface area contributed by atoms with Crippen molar-refractivity contribution in [2.24, 2.45) is 0 Å². The van der Waals surface area contributed by atoms with Gasteiger partial charge in [-0.3, -0.25) is 4.79 Å². The minimum Gasteiger partial charge on any atom is -0.330 e. The number of nitrogens with zero attached hydrogens (tertiary/aromatic N) is 2. The number of amides is 1. The van der Waals surface area contributed by atoms with E-state index in [1.165, 1.54) is 11.3 Å². The van der Waals surface area contributed by atoms with Crippen LogP contribution in [0.3, 0.4) is 0 Å². The van der Waals surface area contributed by atoms with Crippen LogP contribution in [0.2, 0.25) is 0 Å². The summed E-state index contributed by atoms with van der Waals surface area (Å²) < 4.78 is 23.0. The number of sulfone groups is 1. The molecule has 0 aliphatic carbocycles.